The number of rotatable bonds is 3. The highest BCUT2D eigenvalue weighted by atomic mass is 16.2. The van der Waals surface area contributed by atoms with Crippen LogP contribution in [0.5, 0.6) is 0 Å². The highest BCUT2D eigenvalue weighted by Gasteiger charge is 2.42. The number of benzene rings is 1. The molecule has 1 aliphatic carbocycles. The zero-order chi connectivity index (χ0) is 14.9. The minimum absolute atomic E-state index is 0.419. The smallest absolute Gasteiger partial charge is 0.316 e. The second kappa shape index (κ2) is 5.14. The van der Waals surface area contributed by atoms with Crippen LogP contribution in [0.4, 0.5) is 5.69 Å². The summed E-state index contributed by atoms with van der Waals surface area (Å²) in [5.74, 6) is -1.17. The number of isocyanates is 1. The summed E-state index contributed by atoms with van der Waals surface area (Å²) in [5, 5.41) is 2.53. The molecule has 1 aromatic rings. The Morgan fingerprint density at radius 2 is 2.00 bits per heavy atom. The number of aliphatic imine (C=N–C) groups is 1. The first-order valence-corrected chi connectivity index (χ1v) is 6.96. The summed E-state index contributed by atoms with van der Waals surface area (Å²) in [7, 11) is 0. The highest BCUT2D eigenvalue weighted by Crippen LogP contribution is 2.48. The average Bonchev–Trinajstić information content (AvgIpc) is 2.46. The molecule has 0 unspecified atom stereocenters. The van der Waals surface area contributed by atoms with E-state index >= 15 is 0 Å². The summed E-state index contributed by atoms with van der Waals surface area (Å²) in [6.45, 7) is 0.839. The third kappa shape index (κ3) is 2.14. The third-order valence-corrected chi connectivity index (χ3v) is 4.20. The lowest BCUT2D eigenvalue weighted by molar-refractivity contribution is -0.138. The van der Waals surface area contributed by atoms with Gasteiger partial charge in [-0.05, 0) is 25.3 Å². The van der Waals surface area contributed by atoms with Gasteiger partial charge in [-0.2, -0.15) is 4.99 Å². The summed E-state index contributed by atoms with van der Waals surface area (Å²) in [5.41, 5.74) is 0.894. The minimum atomic E-state index is -0.599. The molecular formula is C15H15N3O3. The van der Waals surface area contributed by atoms with E-state index in [1.54, 1.807) is 12.1 Å². The molecule has 0 atom stereocenters. The van der Waals surface area contributed by atoms with Gasteiger partial charge in [0.1, 0.15) is 5.54 Å². The number of piperazine rings is 1. The maximum absolute atomic E-state index is 12.1. The molecule has 1 heterocycles. The van der Waals surface area contributed by atoms with Crippen LogP contribution in [-0.2, 0) is 19.9 Å². The van der Waals surface area contributed by atoms with Gasteiger partial charge in [0.05, 0.1) is 0 Å². The maximum atomic E-state index is 12.1. The van der Waals surface area contributed by atoms with E-state index in [4.69, 9.17) is 0 Å². The van der Waals surface area contributed by atoms with Crippen molar-refractivity contribution in [1.29, 1.82) is 0 Å². The van der Waals surface area contributed by atoms with Crippen molar-refractivity contribution in [1.82, 2.24) is 5.32 Å². The molecule has 0 bridgehead atoms. The summed E-state index contributed by atoms with van der Waals surface area (Å²) >= 11 is 0. The van der Waals surface area contributed by atoms with Crippen molar-refractivity contribution in [2.45, 2.75) is 24.8 Å². The van der Waals surface area contributed by atoms with E-state index in [0.717, 1.165) is 24.8 Å². The predicted molar refractivity (Wildman–Crippen MR) is 75.5 cm³/mol. The SMILES string of the molecule is O=C=NC1(c2ccccc2N2CCNC(=O)C2=O)CCC1. The van der Waals surface area contributed by atoms with Gasteiger partial charge in [0.2, 0.25) is 6.08 Å². The van der Waals surface area contributed by atoms with Crippen molar-refractivity contribution in [3.8, 4) is 0 Å². The molecule has 1 aliphatic heterocycles. The van der Waals surface area contributed by atoms with E-state index < -0.39 is 17.4 Å². The summed E-state index contributed by atoms with van der Waals surface area (Å²) in [4.78, 5) is 39.8. The van der Waals surface area contributed by atoms with Gasteiger partial charge in [-0.25, -0.2) is 4.79 Å². The molecule has 0 radical (unpaired) electrons. The molecule has 1 aromatic carbocycles. The van der Waals surface area contributed by atoms with Gasteiger partial charge in [0.15, 0.2) is 0 Å². The molecule has 2 aliphatic rings. The number of carbonyl (C=O) groups is 2. The zero-order valence-electron chi connectivity index (χ0n) is 11.5. The van der Waals surface area contributed by atoms with Crippen LogP contribution >= 0.6 is 0 Å². The van der Waals surface area contributed by atoms with Crippen molar-refractivity contribution in [2.75, 3.05) is 18.0 Å². The summed E-state index contributed by atoms with van der Waals surface area (Å²) in [6.07, 6.45) is 4.15. The number of nitrogens with one attached hydrogen (secondary N) is 1. The second-order valence-corrected chi connectivity index (χ2v) is 5.32. The standard InChI is InChI=1S/C15H15N3O3/c19-10-17-15(6-3-7-15)11-4-1-2-5-12(11)18-9-8-16-13(20)14(18)21/h1-2,4-5H,3,6-9H2,(H,16,20). The number of hydrogen-bond acceptors (Lipinski definition) is 4. The van der Waals surface area contributed by atoms with Gasteiger partial charge in [-0.15, -0.1) is 0 Å². The summed E-state index contributed by atoms with van der Waals surface area (Å²) in [6, 6.07) is 7.34. The molecule has 1 saturated heterocycles. The van der Waals surface area contributed by atoms with Crippen molar-refractivity contribution in [3.05, 3.63) is 29.8 Å². The Balaban J connectivity index is 2.06. The van der Waals surface area contributed by atoms with E-state index in [0.29, 0.717) is 18.8 Å². The van der Waals surface area contributed by atoms with Gasteiger partial charge in [0.25, 0.3) is 0 Å². The minimum Gasteiger partial charge on any atom is -0.346 e. The Kier molecular flexibility index (Phi) is 3.31. The molecule has 1 N–H and O–H groups in total. The number of amides is 2. The molecule has 2 fully saturated rings. The largest absolute Gasteiger partial charge is 0.346 e. The van der Waals surface area contributed by atoms with Crippen LogP contribution in [0.1, 0.15) is 24.8 Å². The Bertz CT molecular complexity index is 645. The fraction of sp³-hybridized carbons (Fsp3) is 0.400. The van der Waals surface area contributed by atoms with Crippen molar-refractivity contribution in [3.63, 3.8) is 0 Å². The molecular weight excluding hydrogens is 270 g/mol. The van der Waals surface area contributed by atoms with Crippen LogP contribution in [0.2, 0.25) is 0 Å². The maximum Gasteiger partial charge on any atom is 0.316 e. The Hall–Kier alpha value is -2.46. The number of para-hydroxylation sites is 1. The van der Waals surface area contributed by atoms with Crippen LogP contribution in [0, 0.1) is 0 Å². The van der Waals surface area contributed by atoms with Crippen molar-refractivity contribution >= 4 is 23.6 Å². The molecule has 0 aromatic heterocycles. The Morgan fingerprint density at radius 1 is 1.24 bits per heavy atom. The van der Waals surface area contributed by atoms with Gasteiger partial charge in [-0.3, -0.25) is 9.59 Å². The summed E-state index contributed by atoms with van der Waals surface area (Å²) < 4.78 is 0. The van der Waals surface area contributed by atoms with Gasteiger partial charge < -0.3 is 10.2 Å². The van der Waals surface area contributed by atoms with Crippen LogP contribution in [0.15, 0.2) is 29.3 Å². The molecule has 108 valence electrons. The molecule has 3 rings (SSSR count). The molecule has 1 saturated carbocycles. The highest BCUT2D eigenvalue weighted by molar-refractivity contribution is 6.41. The predicted octanol–water partition coefficient (Wildman–Crippen LogP) is 0.864. The van der Waals surface area contributed by atoms with Crippen LogP contribution in [0.25, 0.3) is 0 Å². The van der Waals surface area contributed by atoms with Crippen LogP contribution < -0.4 is 10.2 Å². The Morgan fingerprint density at radius 3 is 2.67 bits per heavy atom. The first-order valence-electron chi connectivity index (χ1n) is 6.96. The molecule has 0 spiro atoms. The van der Waals surface area contributed by atoms with Crippen LogP contribution in [-0.4, -0.2) is 31.0 Å². The Labute approximate surface area is 121 Å². The number of nitrogens with zero attached hydrogens (tertiary/aromatic N) is 2. The van der Waals surface area contributed by atoms with E-state index in [1.165, 1.54) is 4.90 Å². The van der Waals surface area contributed by atoms with Crippen molar-refractivity contribution in [2.24, 2.45) is 4.99 Å². The lowest BCUT2D eigenvalue weighted by atomic mass is 9.71. The van der Waals surface area contributed by atoms with E-state index in [-0.39, 0.29) is 0 Å². The first-order chi connectivity index (χ1) is 10.2. The molecule has 6 heteroatoms. The van der Waals surface area contributed by atoms with Crippen molar-refractivity contribution < 1.29 is 14.4 Å². The quantitative estimate of drug-likeness (QED) is 0.508. The monoisotopic (exact) mass is 285 g/mol. The average molecular weight is 285 g/mol. The fourth-order valence-electron chi connectivity index (χ4n) is 2.95. The third-order valence-electron chi connectivity index (χ3n) is 4.20. The lowest BCUT2D eigenvalue weighted by Gasteiger charge is -2.40. The number of anilines is 1. The van der Waals surface area contributed by atoms with Gasteiger partial charge >= 0.3 is 11.8 Å². The van der Waals surface area contributed by atoms with E-state index in [1.807, 2.05) is 18.2 Å². The van der Waals surface area contributed by atoms with Crippen LogP contribution in [0.3, 0.4) is 0 Å². The molecule has 2 amide bonds. The zero-order valence-corrected chi connectivity index (χ0v) is 11.5. The number of hydrogen-bond donors (Lipinski definition) is 1. The van der Waals surface area contributed by atoms with E-state index in [9.17, 15) is 14.4 Å². The normalized spacial score (nSPS) is 20.3. The number of carbonyl (C=O) groups excluding carboxylic acids is 3. The lowest BCUT2D eigenvalue weighted by Crippen LogP contribution is -2.53. The molecule has 21 heavy (non-hydrogen) atoms. The first kappa shape index (κ1) is 13.5. The van der Waals surface area contributed by atoms with Gasteiger partial charge in [0, 0.05) is 24.3 Å². The second-order valence-electron chi connectivity index (χ2n) is 5.32. The van der Waals surface area contributed by atoms with E-state index in [2.05, 4.69) is 10.3 Å². The topological polar surface area (TPSA) is 78.8 Å². The fourth-order valence-corrected chi connectivity index (χ4v) is 2.95. The molecule has 6 nitrogen and oxygen atoms in total. The van der Waals surface area contributed by atoms with Gasteiger partial charge in [-0.1, -0.05) is 18.2 Å².